The monoisotopic (exact) mass is 370 g/mol. The Morgan fingerprint density at radius 2 is 2.07 bits per heavy atom. The van der Waals surface area contributed by atoms with Crippen LogP contribution < -0.4 is 4.74 Å². The Bertz CT molecular complexity index is 764. The van der Waals surface area contributed by atoms with Gasteiger partial charge in [0.2, 0.25) is 0 Å². The van der Waals surface area contributed by atoms with Crippen LogP contribution in [-0.2, 0) is 20.7 Å². The molecule has 0 saturated heterocycles. The maximum Gasteiger partial charge on any atom is 0.308 e. The molecule has 4 nitrogen and oxygen atoms in total. The smallest absolute Gasteiger partial charge is 0.308 e. The van der Waals surface area contributed by atoms with E-state index in [1.807, 2.05) is 19.9 Å². The van der Waals surface area contributed by atoms with Gasteiger partial charge in [0.05, 0.1) is 20.1 Å². The number of ether oxygens (including phenoxy) is 2. The van der Waals surface area contributed by atoms with Crippen molar-refractivity contribution in [3.8, 4) is 5.75 Å². The first kappa shape index (κ1) is 19.7. The Kier molecular flexibility index (Phi) is 5.73. The molecule has 0 amide bonds. The van der Waals surface area contributed by atoms with E-state index in [1.54, 1.807) is 7.11 Å². The number of ketones is 1. The average Bonchev–Trinajstić information content (AvgIpc) is 2.99. The van der Waals surface area contributed by atoms with E-state index in [0.29, 0.717) is 12.8 Å². The summed E-state index contributed by atoms with van der Waals surface area (Å²) < 4.78 is 10.3. The van der Waals surface area contributed by atoms with Gasteiger partial charge < -0.3 is 9.47 Å². The zero-order chi connectivity index (χ0) is 19.6. The molecule has 0 radical (unpaired) electrons. The summed E-state index contributed by atoms with van der Waals surface area (Å²) in [5, 5.41) is 0. The number of aryl methyl sites for hydroxylation is 1. The van der Waals surface area contributed by atoms with Crippen LogP contribution in [-0.4, -0.2) is 26.0 Å². The molecule has 0 bridgehead atoms. The van der Waals surface area contributed by atoms with Crippen LogP contribution in [0.3, 0.4) is 0 Å². The number of methoxy groups -OCH3 is 2. The topological polar surface area (TPSA) is 52.6 Å². The minimum Gasteiger partial charge on any atom is -0.497 e. The normalized spacial score (nSPS) is 27.3. The van der Waals surface area contributed by atoms with Gasteiger partial charge in [-0.05, 0) is 66.9 Å². The Balaban J connectivity index is 1.86. The number of hydrogen-bond donors (Lipinski definition) is 0. The Labute approximate surface area is 161 Å². The lowest BCUT2D eigenvalue weighted by Gasteiger charge is -2.32. The van der Waals surface area contributed by atoms with E-state index in [2.05, 4.69) is 18.2 Å². The second-order valence-electron chi connectivity index (χ2n) is 8.11. The van der Waals surface area contributed by atoms with Crippen molar-refractivity contribution < 1.29 is 19.1 Å². The second-order valence-corrected chi connectivity index (χ2v) is 8.11. The quantitative estimate of drug-likeness (QED) is 0.711. The van der Waals surface area contributed by atoms with Gasteiger partial charge in [0.1, 0.15) is 11.5 Å². The molecule has 3 rings (SSSR count). The molecule has 1 fully saturated rings. The number of Topliss-reactive ketones (excluding diaryl/α,β-unsaturated/α-hetero) is 1. The molecule has 1 saturated carbocycles. The Hall–Kier alpha value is -2.10. The molecular formula is C23H30O4. The van der Waals surface area contributed by atoms with Crippen LogP contribution in [0.4, 0.5) is 0 Å². The number of rotatable bonds is 5. The van der Waals surface area contributed by atoms with Crippen LogP contribution in [0.25, 0.3) is 5.57 Å². The van der Waals surface area contributed by atoms with Gasteiger partial charge in [-0.15, -0.1) is 0 Å². The number of fused-ring (bicyclic) bond motifs is 1. The molecule has 146 valence electrons. The van der Waals surface area contributed by atoms with Crippen molar-refractivity contribution in [1.29, 1.82) is 0 Å². The Morgan fingerprint density at radius 3 is 2.78 bits per heavy atom. The molecule has 3 atom stereocenters. The predicted molar refractivity (Wildman–Crippen MR) is 106 cm³/mol. The van der Waals surface area contributed by atoms with Crippen LogP contribution in [0.1, 0.15) is 57.1 Å². The van der Waals surface area contributed by atoms with E-state index >= 15 is 0 Å². The van der Waals surface area contributed by atoms with Gasteiger partial charge in [-0.3, -0.25) is 9.59 Å². The summed E-state index contributed by atoms with van der Waals surface area (Å²) in [7, 11) is 3.11. The molecule has 1 aromatic carbocycles. The number of allylic oxidation sites excluding steroid dienone is 2. The summed E-state index contributed by atoms with van der Waals surface area (Å²) in [6.45, 7) is 3.92. The molecule has 0 aromatic heterocycles. The third-order valence-electron chi connectivity index (χ3n) is 6.64. The molecule has 0 N–H and O–H groups in total. The molecule has 27 heavy (non-hydrogen) atoms. The number of carbonyl (C=O) groups is 2. The molecular weight excluding hydrogens is 340 g/mol. The minimum atomic E-state index is -0.495. The third kappa shape index (κ3) is 3.67. The summed E-state index contributed by atoms with van der Waals surface area (Å²) in [5.41, 5.74) is 3.40. The molecule has 0 aliphatic heterocycles. The maximum absolute atomic E-state index is 12.7. The molecule has 2 aliphatic carbocycles. The summed E-state index contributed by atoms with van der Waals surface area (Å²) >= 11 is 0. The first-order valence-corrected chi connectivity index (χ1v) is 9.88. The zero-order valence-electron chi connectivity index (χ0n) is 16.8. The molecule has 0 heterocycles. The van der Waals surface area contributed by atoms with Gasteiger partial charge >= 0.3 is 5.97 Å². The number of carbonyl (C=O) groups excluding carboxylic acids is 2. The van der Waals surface area contributed by atoms with Gasteiger partial charge in [0.15, 0.2) is 0 Å². The lowest BCUT2D eigenvalue weighted by atomic mass is 9.70. The molecule has 0 spiro atoms. The summed E-state index contributed by atoms with van der Waals surface area (Å²) in [5.74, 6) is 0.718. The van der Waals surface area contributed by atoms with Crippen LogP contribution >= 0.6 is 0 Å². The summed E-state index contributed by atoms with van der Waals surface area (Å²) in [6.07, 6.45) is 7.44. The lowest BCUT2D eigenvalue weighted by molar-refractivity contribution is -0.148. The minimum absolute atomic E-state index is 0.0354. The van der Waals surface area contributed by atoms with Crippen molar-refractivity contribution in [2.75, 3.05) is 14.2 Å². The summed E-state index contributed by atoms with van der Waals surface area (Å²) in [4.78, 5) is 24.8. The fraction of sp³-hybridized carbons (Fsp3) is 0.565. The van der Waals surface area contributed by atoms with E-state index in [9.17, 15) is 9.59 Å². The molecule has 2 aliphatic rings. The van der Waals surface area contributed by atoms with E-state index < -0.39 is 5.41 Å². The third-order valence-corrected chi connectivity index (χ3v) is 6.64. The SMILES string of the molecule is COC(=O)C(C)[C@H]1CCC(=O)[C@]1(C)C/C=C1/CCCc2cc(OC)ccc21. The second kappa shape index (κ2) is 7.87. The van der Waals surface area contributed by atoms with E-state index in [-0.39, 0.29) is 23.6 Å². The highest BCUT2D eigenvalue weighted by atomic mass is 16.5. The highest BCUT2D eigenvalue weighted by molar-refractivity contribution is 5.88. The number of esters is 1. The Morgan fingerprint density at radius 1 is 1.30 bits per heavy atom. The van der Waals surface area contributed by atoms with Crippen molar-refractivity contribution >= 4 is 17.3 Å². The molecule has 1 aromatic rings. The van der Waals surface area contributed by atoms with Gasteiger partial charge in [-0.1, -0.05) is 26.0 Å². The van der Waals surface area contributed by atoms with Gasteiger partial charge in [0.25, 0.3) is 0 Å². The van der Waals surface area contributed by atoms with Crippen molar-refractivity contribution in [2.24, 2.45) is 17.3 Å². The predicted octanol–water partition coefficient (Wildman–Crippen LogP) is 4.60. The summed E-state index contributed by atoms with van der Waals surface area (Å²) in [6, 6.07) is 6.25. The molecule has 1 unspecified atom stereocenters. The fourth-order valence-corrected chi connectivity index (χ4v) is 4.88. The van der Waals surface area contributed by atoms with E-state index in [4.69, 9.17) is 9.47 Å². The highest BCUT2D eigenvalue weighted by Crippen LogP contribution is 2.48. The fourth-order valence-electron chi connectivity index (χ4n) is 4.88. The van der Waals surface area contributed by atoms with Crippen molar-refractivity contribution in [1.82, 2.24) is 0 Å². The number of hydrogen-bond acceptors (Lipinski definition) is 4. The van der Waals surface area contributed by atoms with Crippen molar-refractivity contribution in [3.05, 3.63) is 35.4 Å². The van der Waals surface area contributed by atoms with Gasteiger partial charge in [-0.2, -0.15) is 0 Å². The van der Waals surface area contributed by atoms with Gasteiger partial charge in [-0.25, -0.2) is 0 Å². The first-order chi connectivity index (χ1) is 12.9. The van der Waals surface area contributed by atoms with Crippen LogP contribution in [0.5, 0.6) is 5.75 Å². The maximum atomic E-state index is 12.7. The molecule has 4 heteroatoms. The van der Waals surface area contributed by atoms with Crippen molar-refractivity contribution in [3.63, 3.8) is 0 Å². The van der Waals surface area contributed by atoms with Crippen molar-refractivity contribution in [2.45, 2.75) is 52.4 Å². The van der Waals surface area contributed by atoms with E-state index in [1.165, 1.54) is 23.8 Å². The average molecular weight is 370 g/mol. The van der Waals surface area contributed by atoms with Crippen LogP contribution in [0.2, 0.25) is 0 Å². The van der Waals surface area contributed by atoms with Gasteiger partial charge in [0, 0.05) is 11.8 Å². The van der Waals surface area contributed by atoms with Crippen LogP contribution in [0.15, 0.2) is 24.3 Å². The van der Waals surface area contributed by atoms with Crippen LogP contribution in [0, 0.1) is 17.3 Å². The van der Waals surface area contributed by atoms with E-state index in [0.717, 1.165) is 31.4 Å². The largest absolute Gasteiger partial charge is 0.497 e. The first-order valence-electron chi connectivity index (χ1n) is 9.88. The number of benzene rings is 1. The highest BCUT2D eigenvalue weighted by Gasteiger charge is 2.49. The lowest BCUT2D eigenvalue weighted by Crippen LogP contribution is -2.35. The standard InChI is InChI=1S/C23H30O4/c1-15(22(25)27-4)20-10-11-21(24)23(20,2)13-12-16-6-5-7-17-14-18(26-3)8-9-19(16)17/h8-9,12,14-15,20H,5-7,10-11,13H2,1-4H3/b16-12-/t15?,20-,23-/m1/s1. The zero-order valence-corrected chi connectivity index (χ0v) is 16.8.